The van der Waals surface area contributed by atoms with Crippen molar-refractivity contribution < 1.29 is 14.3 Å². The largest absolute Gasteiger partial charge is 0.381 e. The van der Waals surface area contributed by atoms with Gasteiger partial charge in [0.25, 0.3) is 5.91 Å². The molecule has 152 valence electrons. The second-order valence-electron chi connectivity index (χ2n) is 7.81. The number of nitrogens with zero attached hydrogens (tertiary/aromatic N) is 4. The lowest BCUT2D eigenvalue weighted by Gasteiger charge is -2.22. The molecule has 0 spiro atoms. The van der Waals surface area contributed by atoms with Crippen LogP contribution in [0, 0.1) is 5.92 Å². The number of nitrogens with one attached hydrogen (secondary N) is 3. The molecular weight excluding hydrogens is 374 g/mol. The van der Waals surface area contributed by atoms with Crippen LogP contribution >= 0.6 is 0 Å². The van der Waals surface area contributed by atoms with E-state index in [0.29, 0.717) is 40.6 Å². The number of fused-ring (bicyclic) bond motifs is 1. The molecule has 29 heavy (non-hydrogen) atoms. The molecule has 4 heterocycles. The highest BCUT2D eigenvalue weighted by atomic mass is 16.5. The Hall–Kier alpha value is -3.01. The predicted molar refractivity (Wildman–Crippen MR) is 105 cm³/mol. The number of carbonyl (C=O) groups excluding carboxylic acids is 2. The van der Waals surface area contributed by atoms with E-state index in [1.165, 1.54) is 0 Å². The van der Waals surface area contributed by atoms with Crippen LogP contribution < -0.4 is 16.0 Å². The van der Waals surface area contributed by atoms with Crippen LogP contribution in [0.1, 0.15) is 37.7 Å². The van der Waals surface area contributed by atoms with Gasteiger partial charge in [-0.15, -0.1) is 0 Å². The van der Waals surface area contributed by atoms with Crippen molar-refractivity contribution in [2.24, 2.45) is 5.92 Å². The Balaban J connectivity index is 1.46. The van der Waals surface area contributed by atoms with E-state index >= 15 is 0 Å². The quantitative estimate of drug-likeness (QED) is 0.487. The van der Waals surface area contributed by atoms with Crippen molar-refractivity contribution in [1.29, 1.82) is 0 Å². The van der Waals surface area contributed by atoms with Crippen molar-refractivity contribution in [2.75, 3.05) is 30.4 Å². The smallest absolute Gasteiger partial charge is 0.254 e. The fraction of sp³-hybridized carbons (Fsp3) is 0.526. The molecule has 1 saturated carbocycles. The number of carbonyl (C=O) groups is 2. The van der Waals surface area contributed by atoms with Gasteiger partial charge in [-0.05, 0) is 37.7 Å². The van der Waals surface area contributed by atoms with Gasteiger partial charge in [0.05, 0.1) is 19.2 Å². The van der Waals surface area contributed by atoms with Gasteiger partial charge in [-0.1, -0.05) is 0 Å². The Morgan fingerprint density at radius 3 is 2.90 bits per heavy atom. The Bertz CT molecular complexity index is 989. The highest BCUT2D eigenvalue weighted by molar-refractivity contribution is 6.15. The number of aromatic nitrogens is 4. The highest BCUT2D eigenvalue weighted by Gasteiger charge is 2.26. The van der Waals surface area contributed by atoms with Crippen molar-refractivity contribution in [1.82, 2.24) is 24.9 Å². The summed E-state index contributed by atoms with van der Waals surface area (Å²) in [5.41, 5.74) is 1.68. The first-order valence-corrected chi connectivity index (χ1v) is 10.0. The first-order valence-electron chi connectivity index (χ1n) is 10.0. The van der Waals surface area contributed by atoms with Crippen LogP contribution in [0.25, 0.3) is 11.7 Å². The maximum absolute atomic E-state index is 11.9. The van der Waals surface area contributed by atoms with E-state index in [-0.39, 0.29) is 18.2 Å². The molecule has 2 aromatic rings. The third-order valence-corrected chi connectivity index (χ3v) is 5.33. The van der Waals surface area contributed by atoms with E-state index < -0.39 is 0 Å². The molecule has 1 aliphatic carbocycles. The number of imide groups is 1. The number of hydrogen-bond donors (Lipinski definition) is 3. The minimum Gasteiger partial charge on any atom is -0.381 e. The molecule has 0 aromatic carbocycles. The van der Waals surface area contributed by atoms with Crippen molar-refractivity contribution >= 4 is 35.4 Å². The highest BCUT2D eigenvalue weighted by Crippen LogP contribution is 2.26. The first kappa shape index (κ1) is 18.0. The molecule has 2 amide bonds. The third-order valence-electron chi connectivity index (χ3n) is 5.33. The van der Waals surface area contributed by atoms with Crippen LogP contribution in [0.2, 0.25) is 0 Å². The molecule has 1 unspecified atom stereocenters. The van der Waals surface area contributed by atoms with Gasteiger partial charge < -0.3 is 15.4 Å². The zero-order valence-electron chi connectivity index (χ0n) is 16.0. The SMILES string of the molecule is O=C1C/C(=C\c2cnn3c(NC4CC4)nc(NCC4CCCOC4)nc23)C(=O)N1. The topological polar surface area (TPSA) is 123 Å². The molecule has 5 rings (SSSR count). The van der Waals surface area contributed by atoms with Gasteiger partial charge in [0.15, 0.2) is 5.65 Å². The predicted octanol–water partition coefficient (Wildman–Crippen LogP) is 0.967. The maximum atomic E-state index is 11.9. The average molecular weight is 397 g/mol. The second kappa shape index (κ2) is 7.43. The zero-order chi connectivity index (χ0) is 19.8. The number of amides is 2. The van der Waals surface area contributed by atoms with Crippen molar-refractivity contribution in [3.63, 3.8) is 0 Å². The molecule has 0 bridgehead atoms. The van der Waals surface area contributed by atoms with Crippen molar-refractivity contribution in [2.45, 2.75) is 38.1 Å². The minimum atomic E-state index is -0.365. The Kier molecular flexibility index (Phi) is 4.62. The molecule has 3 fully saturated rings. The fourth-order valence-corrected chi connectivity index (χ4v) is 3.59. The van der Waals surface area contributed by atoms with E-state index in [0.717, 1.165) is 45.4 Å². The number of hydrogen-bond acceptors (Lipinski definition) is 8. The van der Waals surface area contributed by atoms with Crippen LogP contribution in [0.3, 0.4) is 0 Å². The summed E-state index contributed by atoms with van der Waals surface area (Å²) in [7, 11) is 0. The summed E-state index contributed by atoms with van der Waals surface area (Å²) in [6.45, 7) is 2.31. The van der Waals surface area contributed by atoms with E-state index in [4.69, 9.17) is 4.74 Å². The summed E-state index contributed by atoms with van der Waals surface area (Å²) >= 11 is 0. The van der Waals surface area contributed by atoms with Crippen molar-refractivity contribution in [3.05, 3.63) is 17.3 Å². The molecule has 3 N–H and O–H groups in total. The van der Waals surface area contributed by atoms with E-state index in [1.807, 2.05) is 0 Å². The van der Waals surface area contributed by atoms with Gasteiger partial charge in [0.1, 0.15) is 0 Å². The standard InChI is InChI=1S/C19H23N7O3/c27-15-7-12(17(28)23-15)6-13-9-21-26-16(13)24-18(25-19(26)22-14-3-4-14)20-8-11-2-1-5-29-10-11/h6,9,11,14H,1-5,7-8,10H2,(H,23,27,28)(H2,20,22,24,25)/b12-6+. The molecule has 0 radical (unpaired) electrons. The Morgan fingerprint density at radius 2 is 2.17 bits per heavy atom. The van der Waals surface area contributed by atoms with Gasteiger partial charge in [-0.3, -0.25) is 14.9 Å². The molecule has 10 heteroatoms. The van der Waals surface area contributed by atoms with Crippen LogP contribution in [0.15, 0.2) is 11.8 Å². The van der Waals surface area contributed by atoms with Crippen LogP contribution in [0.4, 0.5) is 11.9 Å². The molecule has 1 atom stereocenters. The molecular formula is C19H23N7O3. The molecule has 2 saturated heterocycles. The zero-order valence-corrected chi connectivity index (χ0v) is 16.0. The van der Waals surface area contributed by atoms with Gasteiger partial charge in [0, 0.05) is 30.3 Å². The van der Waals surface area contributed by atoms with Gasteiger partial charge in [-0.2, -0.15) is 19.6 Å². The van der Waals surface area contributed by atoms with Gasteiger partial charge >= 0.3 is 0 Å². The summed E-state index contributed by atoms with van der Waals surface area (Å²) in [6, 6.07) is 0.400. The number of anilines is 2. The first-order chi connectivity index (χ1) is 14.2. The number of ether oxygens (including phenoxy) is 1. The second-order valence-corrected chi connectivity index (χ2v) is 7.81. The minimum absolute atomic E-state index is 0.0707. The fourth-order valence-electron chi connectivity index (χ4n) is 3.59. The summed E-state index contributed by atoms with van der Waals surface area (Å²) < 4.78 is 7.19. The van der Waals surface area contributed by atoms with E-state index in [9.17, 15) is 9.59 Å². The molecule has 2 aromatic heterocycles. The lowest BCUT2D eigenvalue weighted by molar-refractivity contribution is -0.124. The Labute approximate surface area is 167 Å². The summed E-state index contributed by atoms with van der Waals surface area (Å²) in [5, 5.41) is 13.4. The lowest BCUT2D eigenvalue weighted by atomic mass is 10.0. The van der Waals surface area contributed by atoms with Crippen molar-refractivity contribution in [3.8, 4) is 0 Å². The van der Waals surface area contributed by atoms with E-state index in [2.05, 4.69) is 31.0 Å². The molecule has 10 nitrogen and oxygen atoms in total. The van der Waals surface area contributed by atoms with E-state index in [1.54, 1.807) is 16.8 Å². The number of rotatable bonds is 6. The average Bonchev–Trinajstić information content (AvgIpc) is 3.36. The van der Waals surface area contributed by atoms with Crippen LogP contribution in [-0.2, 0) is 14.3 Å². The van der Waals surface area contributed by atoms with Gasteiger partial charge in [0.2, 0.25) is 17.8 Å². The van der Waals surface area contributed by atoms with Gasteiger partial charge in [-0.25, -0.2) is 0 Å². The van der Waals surface area contributed by atoms with Crippen LogP contribution in [0.5, 0.6) is 0 Å². The third kappa shape index (κ3) is 3.93. The Morgan fingerprint density at radius 1 is 1.28 bits per heavy atom. The maximum Gasteiger partial charge on any atom is 0.254 e. The van der Waals surface area contributed by atoms with Crippen LogP contribution in [-0.4, -0.2) is 57.2 Å². The lowest BCUT2D eigenvalue weighted by Crippen LogP contribution is -2.25. The summed E-state index contributed by atoms with van der Waals surface area (Å²) in [5.74, 6) is 0.911. The molecule has 3 aliphatic rings. The monoisotopic (exact) mass is 397 g/mol. The summed E-state index contributed by atoms with van der Waals surface area (Å²) in [4.78, 5) is 32.6. The molecule has 2 aliphatic heterocycles. The summed E-state index contributed by atoms with van der Waals surface area (Å²) in [6.07, 6.45) is 7.79. The normalized spacial score (nSPS) is 23.6.